The molecule has 0 saturated carbocycles. The summed E-state index contributed by atoms with van der Waals surface area (Å²) in [5, 5.41) is 9.52. The van der Waals surface area contributed by atoms with Gasteiger partial charge in [0, 0.05) is 0 Å². The molecule has 1 aromatic rings. The van der Waals surface area contributed by atoms with Crippen LogP contribution in [0.5, 0.6) is 0 Å². The van der Waals surface area contributed by atoms with Crippen LogP contribution in [-0.2, 0) is 15.6 Å². The Kier molecular flexibility index (Phi) is 1.89. The fourth-order valence-electron chi connectivity index (χ4n) is 1.62. The van der Waals surface area contributed by atoms with Gasteiger partial charge >= 0.3 is 0 Å². The van der Waals surface area contributed by atoms with E-state index < -0.39 is 15.9 Å². The van der Waals surface area contributed by atoms with Crippen molar-refractivity contribution in [2.45, 2.75) is 11.9 Å². The summed E-state index contributed by atoms with van der Waals surface area (Å²) in [4.78, 5) is 0. The first kappa shape index (κ1) is 8.72. The van der Waals surface area contributed by atoms with Crippen LogP contribution in [0.2, 0.25) is 0 Å². The fraction of sp³-hybridized carbons (Fsp3) is 0.333. The minimum Gasteiger partial charge on any atom is -0.387 e. The predicted molar refractivity (Wildman–Crippen MR) is 48.9 cm³/mol. The molecule has 4 heteroatoms. The van der Waals surface area contributed by atoms with Crippen molar-refractivity contribution in [3.8, 4) is 0 Å². The summed E-state index contributed by atoms with van der Waals surface area (Å²) in [6.45, 7) is 0. The minimum atomic E-state index is -3.10. The van der Waals surface area contributed by atoms with Crippen LogP contribution in [-0.4, -0.2) is 19.3 Å². The van der Waals surface area contributed by atoms with Crippen LogP contribution >= 0.6 is 0 Å². The Morgan fingerprint density at radius 1 is 1.31 bits per heavy atom. The molecule has 13 heavy (non-hydrogen) atoms. The first-order chi connectivity index (χ1) is 6.08. The second-order valence-electron chi connectivity index (χ2n) is 3.27. The van der Waals surface area contributed by atoms with Crippen LogP contribution < -0.4 is 0 Å². The number of hydrogen-bond acceptors (Lipinski definition) is 3. The van der Waals surface area contributed by atoms with Crippen LogP contribution in [0.25, 0.3) is 0 Å². The van der Waals surface area contributed by atoms with Gasteiger partial charge in [0.2, 0.25) is 0 Å². The molecule has 2 rings (SSSR count). The molecule has 3 nitrogen and oxygen atoms in total. The Balaban J connectivity index is 2.55. The second kappa shape index (κ2) is 2.82. The van der Waals surface area contributed by atoms with Crippen LogP contribution in [0.15, 0.2) is 24.3 Å². The third kappa shape index (κ3) is 1.59. The van der Waals surface area contributed by atoms with Crippen LogP contribution in [0, 0.1) is 0 Å². The lowest BCUT2D eigenvalue weighted by atomic mass is 10.0. The van der Waals surface area contributed by atoms with Gasteiger partial charge in [-0.25, -0.2) is 8.42 Å². The van der Waals surface area contributed by atoms with Crippen molar-refractivity contribution in [1.29, 1.82) is 0 Å². The monoisotopic (exact) mass is 198 g/mol. The third-order valence-electron chi connectivity index (χ3n) is 2.20. The van der Waals surface area contributed by atoms with E-state index in [0.717, 1.165) is 11.1 Å². The standard InChI is InChI=1S/C9H10O3S/c10-9-6-13(11,12)5-7-3-1-2-4-8(7)9/h1-4,9-10H,5-6H2. The zero-order chi connectivity index (χ0) is 9.47. The van der Waals surface area contributed by atoms with E-state index in [2.05, 4.69) is 0 Å². The van der Waals surface area contributed by atoms with Gasteiger partial charge in [0.1, 0.15) is 0 Å². The molecule has 0 aliphatic carbocycles. The Morgan fingerprint density at radius 3 is 2.77 bits per heavy atom. The Hall–Kier alpha value is -0.870. The average molecular weight is 198 g/mol. The lowest BCUT2D eigenvalue weighted by Crippen LogP contribution is -2.23. The maximum atomic E-state index is 11.3. The van der Waals surface area contributed by atoms with Gasteiger partial charge in [0.15, 0.2) is 9.84 Å². The van der Waals surface area contributed by atoms with Crippen molar-refractivity contribution in [3.05, 3.63) is 35.4 Å². The first-order valence-corrected chi connectivity index (χ1v) is 5.87. The van der Waals surface area contributed by atoms with Crippen molar-refractivity contribution < 1.29 is 13.5 Å². The van der Waals surface area contributed by atoms with Crippen molar-refractivity contribution in [2.75, 3.05) is 5.75 Å². The number of rotatable bonds is 0. The lowest BCUT2D eigenvalue weighted by molar-refractivity contribution is 0.198. The third-order valence-corrected chi connectivity index (χ3v) is 3.78. The quantitative estimate of drug-likeness (QED) is 0.666. The molecule has 0 spiro atoms. The van der Waals surface area contributed by atoms with Crippen LogP contribution in [0.1, 0.15) is 17.2 Å². The van der Waals surface area contributed by atoms with E-state index in [1.807, 2.05) is 0 Å². The SMILES string of the molecule is O=S1(=O)Cc2ccccc2C(O)C1. The normalized spacial score (nSPS) is 25.2. The summed E-state index contributed by atoms with van der Waals surface area (Å²) in [6.07, 6.45) is -0.852. The molecule has 70 valence electrons. The largest absolute Gasteiger partial charge is 0.387 e. The van der Waals surface area contributed by atoms with Crippen molar-refractivity contribution in [2.24, 2.45) is 0 Å². The van der Waals surface area contributed by atoms with Gasteiger partial charge in [0.25, 0.3) is 0 Å². The molecule has 0 fully saturated rings. The number of fused-ring (bicyclic) bond motifs is 1. The van der Waals surface area contributed by atoms with E-state index in [0.29, 0.717) is 0 Å². The summed E-state index contributed by atoms with van der Waals surface area (Å²) in [7, 11) is -3.10. The van der Waals surface area contributed by atoms with Crippen LogP contribution in [0.4, 0.5) is 0 Å². The summed E-state index contributed by atoms with van der Waals surface area (Å²) < 4.78 is 22.5. The van der Waals surface area contributed by atoms with E-state index in [1.165, 1.54) is 0 Å². The minimum absolute atomic E-state index is 0.0558. The summed E-state index contributed by atoms with van der Waals surface area (Å²) in [6, 6.07) is 7.11. The molecule has 0 saturated heterocycles. The first-order valence-electron chi connectivity index (χ1n) is 4.05. The smallest absolute Gasteiger partial charge is 0.157 e. The molecule has 1 N–H and O–H groups in total. The molecule has 1 aromatic carbocycles. The van der Waals surface area contributed by atoms with Crippen molar-refractivity contribution >= 4 is 9.84 Å². The molecular formula is C9H10O3S. The van der Waals surface area contributed by atoms with E-state index in [1.54, 1.807) is 24.3 Å². The zero-order valence-corrected chi connectivity index (χ0v) is 7.79. The number of aliphatic hydroxyl groups is 1. The highest BCUT2D eigenvalue weighted by molar-refractivity contribution is 7.90. The lowest BCUT2D eigenvalue weighted by Gasteiger charge is -2.20. The fourth-order valence-corrected chi connectivity index (χ4v) is 3.13. The van der Waals surface area contributed by atoms with E-state index in [-0.39, 0.29) is 11.5 Å². The highest BCUT2D eigenvalue weighted by Gasteiger charge is 2.27. The van der Waals surface area contributed by atoms with Gasteiger partial charge < -0.3 is 5.11 Å². The van der Waals surface area contributed by atoms with Gasteiger partial charge in [-0.15, -0.1) is 0 Å². The zero-order valence-electron chi connectivity index (χ0n) is 6.97. The molecule has 0 radical (unpaired) electrons. The summed E-state index contributed by atoms with van der Waals surface area (Å²) >= 11 is 0. The number of sulfone groups is 1. The highest BCUT2D eigenvalue weighted by Crippen LogP contribution is 2.27. The van der Waals surface area contributed by atoms with E-state index >= 15 is 0 Å². The maximum absolute atomic E-state index is 11.3. The van der Waals surface area contributed by atoms with Gasteiger partial charge in [0.05, 0.1) is 17.6 Å². The number of benzene rings is 1. The van der Waals surface area contributed by atoms with Crippen LogP contribution in [0.3, 0.4) is 0 Å². The number of hydrogen-bond donors (Lipinski definition) is 1. The van der Waals surface area contributed by atoms with Gasteiger partial charge in [-0.1, -0.05) is 24.3 Å². The molecule has 1 aliphatic rings. The average Bonchev–Trinajstić information content (AvgIpc) is 2.02. The molecular weight excluding hydrogens is 188 g/mol. The topological polar surface area (TPSA) is 54.4 Å². The highest BCUT2D eigenvalue weighted by atomic mass is 32.2. The maximum Gasteiger partial charge on any atom is 0.157 e. The molecule has 1 aliphatic heterocycles. The van der Waals surface area contributed by atoms with E-state index in [9.17, 15) is 13.5 Å². The van der Waals surface area contributed by atoms with Gasteiger partial charge in [-0.05, 0) is 11.1 Å². The molecule has 1 atom stereocenters. The molecule has 0 amide bonds. The molecule has 1 heterocycles. The Bertz CT molecular complexity index is 422. The van der Waals surface area contributed by atoms with Gasteiger partial charge in [-0.2, -0.15) is 0 Å². The molecule has 1 unspecified atom stereocenters. The van der Waals surface area contributed by atoms with Crippen molar-refractivity contribution in [1.82, 2.24) is 0 Å². The predicted octanol–water partition coefficient (Wildman–Crippen LogP) is 0.648. The summed E-state index contributed by atoms with van der Waals surface area (Å²) in [5.41, 5.74) is 1.47. The molecule has 0 bridgehead atoms. The molecule has 0 aromatic heterocycles. The number of aliphatic hydroxyl groups excluding tert-OH is 1. The Labute approximate surface area is 76.9 Å². The van der Waals surface area contributed by atoms with E-state index in [4.69, 9.17) is 0 Å². The van der Waals surface area contributed by atoms with Gasteiger partial charge in [-0.3, -0.25) is 0 Å². The van der Waals surface area contributed by atoms with Crippen molar-refractivity contribution in [3.63, 3.8) is 0 Å². The second-order valence-corrected chi connectivity index (χ2v) is 5.38. The summed E-state index contributed by atoms with van der Waals surface area (Å²) in [5.74, 6) is -0.0930. The Morgan fingerprint density at radius 2 is 2.00 bits per heavy atom.